The van der Waals surface area contributed by atoms with Crippen molar-refractivity contribution in [3.05, 3.63) is 87.4 Å². The standard InChI is InChI=1S/C25H27FN2O4S2/c1-18-3-9-21(10-4-18)34(30,31)27(14-15-32-2)17-24(29)28-13-11-23-22(12-16-33-23)25(28)19-5-7-20(26)8-6-19/h3-10,12,16,25H,11,13-15,17H2,1-2H3. The minimum atomic E-state index is -3.90. The Morgan fingerprint density at radius 1 is 1.15 bits per heavy atom. The van der Waals surface area contributed by atoms with Crippen molar-refractivity contribution < 1.29 is 22.3 Å². The third kappa shape index (κ3) is 5.07. The lowest BCUT2D eigenvalue weighted by Gasteiger charge is -2.37. The van der Waals surface area contributed by atoms with E-state index in [-0.39, 0.29) is 36.3 Å². The first-order valence-electron chi connectivity index (χ1n) is 11.0. The van der Waals surface area contributed by atoms with Gasteiger partial charge in [-0.05, 0) is 60.2 Å². The van der Waals surface area contributed by atoms with Crippen LogP contribution in [0.1, 0.15) is 27.6 Å². The quantitative estimate of drug-likeness (QED) is 0.467. The molecule has 0 N–H and O–H groups in total. The second-order valence-corrected chi connectivity index (χ2v) is 11.2. The summed E-state index contributed by atoms with van der Waals surface area (Å²) in [5.74, 6) is -0.657. The van der Waals surface area contributed by atoms with Crippen molar-refractivity contribution in [1.29, 1.82) is 0 Å². The predicted molar refractivity (Wildman–Crippen MR) is 130 cm³/mol. The normalized spacial score (nSPS) is 16.0. The van der Waals surface area contributed by atoms with Gasteiger partial charge in [0.2, 0.25) is 15.9 Å². The SMILES string of the molecule is COCCN(CC(=O)N1CCc2sccc2C1c1ccc(F)cc1)S(=O)(=O)c1ccc(C)cc1. The number of benzene rings is 2. The van der Waals surface area contributed by atoms with Gasteiger partial charge in [-0.1, -0.05) is 29.8 Å². The summed E-state index contributed by atoms with van der Waals surface area (Å²) in [7, 11) is -2.41. The van der Waals surface area contributed by atoms with Crippen molar-refractivity contribution in [1.82, 2.24) is 9.21 Å². The van der Waals surface area contributed by atoms with Crippen molar-refractivity contribution in [3.8, 4) is 0 Å². The van der Waals surface area contributed by atoms with E-state index in [0.29, 0.717) is 13.0 Å². The van der Waals surface area contributed by atoms with Crippen LogP contribution >= 0.6 is 11.3 Å². The van der Waals surface area contributed by atoms with E-state index < -0.39 is 16.1 Å². The Balaban J connectivity index is 1.64. The number of ether oxygens (including phenoxy) is 1. The maximum Gasteiger partial charge on any atom is 0.243 e. The number of methoxy groups -OCH3 is 1. The van der Waals surface area contributed by atoms with Gasteiger partial charge < -0.3 is 9.64 Å². The van der Waals surface area contributed by atoms with E-state index in [1.54, 1.807) is 52.6 Å². The third-order valence-electron chi connectivity index (χ3n) is 5.99. The minimum absolute atomic E-state index is 0.0528. The fourth-order valence-electron chi connectivity index (χ4n) is 4.17. The number of nitrogens with zero attached hydrogens (tertiary/aromatic N) is 2. The number of hydrogen-bond acceptors (Lipinski definition) is 5. The molecule has 0 aliphatic carbocycles. The van der Waals surface area contributed by atoms with Crippen molar-refractivity contribution in [2.75, 3.05) is 33.4 Å². The Labute approximate surface area is 203 Å². The smallest absolute Gasteiger partial charge is 0.243 e. The summed E-state index contributed by atoms with van der Waals surface area (Å²) < 4.78 is 46.6. The number of amides is 1. The molecule has 0 spiro atoms. The first-order valence-corrected chi connectivity index (χ1v) is 13.3. The number of carbonyl (C=O) groups excluding carboxylic acids is 1. The summed E-state index contributed by atoms with van der Waals surface area (Å²) in [6, 6.07) is 14.3. The average Bonchev–Trinajstić information content (AvgIpc) is 3.31. The highest BCUT2D eigenvalue weighted by molar-refractivity contribution is 7.89. The second-order valence-electron chi connectivity index (χ2n) is 8.23. The number of sulfonamides is 1. The van der Waals surface area contributed by atoms with Crippen molar-refractivity contribution >= 4 is 27.3 Å². The first-order chi connectivity index (χ1) is 16.3. The molecule has 2 aromatic carbocycles. The van der Waals surface area contributed by atoms with Gasteiger partial charge in [-0.2, -0.15) is 4.31 Å². The monoisotopic (exact) mass is 502 g/mol. The van der Waals surface area contributed by atoms with Gasteiger partial charge in [0, 0.05) is 25.1 Å². The molecule has 9 heteroatoms. The van der Waals surface area contributed by atoms with E-state index in [9.17, 15) is 17.6 Å². The fourth-order valence-corrected chi connectivity index (χ4v) is 6.45. The number of hydrogen-bond donors (Lipinski definition) is 0. The van der Waals surface area contributed by atoms with Crippen LogP contribution in [-0.4, -0.2) is 56.9 Å². The third-order valence-corrected chi connectivity index (χ3v) is 8.84. The molecule has 2 heterocycles. The molecular weight excluding hydrogens is 475 g/mol. The molecule has 6 nitrogen and oxygen atoms in total. The maximum absolute atomic E-state index is 13.6. The minimum Gasteiger partial charge on any atom is -0.383 e. The molecule has 0 radical (unpaired) electrons. The fraction of sp³-hybridized carbons (Fsp3) is 0.320. The number of fused-ring (bicyclic) bond motifs is 1. The van der Waals surface area contributed by atoms with Crippen LogP contribution in [0.15, 0.2) is 64.9 Å². The number of aryl methyl sites for hydroxylation is 1. The Bertz CT molecular complexity index is 1240. The van der Waals surface area contributed by atoms with Gasteiger partial charge in [0.1, 0.15) is 5.82 Å². The van der Waals surface area contributed by atoms with E-state index >= 15 is 0 Å². The maximum atomic E-state index is 13.6. The van der Waals surface area contributed by atoms with Crippen LogP contribution in [0, 0.1) is 12.7 Å². The molecular formula is C25H27FN2O4S2. The Hall–Kier alpha value is -2.59. The molecule has 0 saturated carbocycles. The molecule has 1 aliphatic rings. The van der Waals surface area contributed by atoms with E-state index in [0.717, 1.165) is 16.7 Å². The molecule has 3 aromatic rings. The summed E-state index contributed by atoms with van der Waals surface area (Å²) in [6.45, 7) is 2.24. The Kier molecular flexibility index (Phi) is 7.47. The van der Waals surface area contributed by atoms with Crippen LogP contribution < -0.4 is 0 Å². The van der Waals surface area contributed by atoms with Crippen molar-refractivity contribution in [3.63, 3.8) is 0 Å². The van der Waals surface area contributed by atoms with Gasteiger partial charge in [0.25, 0.3) is 0 Å². The number of thiophene rings is 1. The molecule has 1 unspecified atom stereocenters. The average molecular weight is 503 g/mol. The summed E-state index contributed by atoms with van der Waals surface area (Å²) in [4.78, 5) is 16.6. The lowest BCUT2D eigenvalue weighted by Crippen LogP contribution is -2.47. The highest BCUT2D eigenvalue weighted by Gasteiger charge is 2.35. The summed E-state index contributed by atoms with van der Waals surface area (Å²) in [5.41, 5.74) is 2.74. The van der Waals surface area contributed by atoms with E-state index in [4.69, 9.17) is 4.74 Å². The Morgan fingerprint density at radius 2 is 1.85 bits per heavy atom. The molecule has 180 valence electrons. The Morgan fingerprint density at radius 3 is 2.53 bits per heavy atom. The molecule has 0 saturated heterocycles. The van der Waals surface area contributed by atoms with Crippen LogP contribution in [-0.2, 0) is 26.0 Å². The van der Waals surface area contributed by atoms with Gasteiger partial charge in [0.05, 0.1) is 24.1 Å². The van der Waals surface area contributed by atoms with Crippen molar-refractivity contribution in [2.45, 2.75) is 24.3 Å². The van der Waals surface area contributed by atoms with Crippen LogP contribution in [0.2, 0.25) is 0 Å². The van der Waals surface area contributed by atoms with Crippen LogP contribution in [0.25, 0.3) is 0 Å². The molecule has 34 heavy (non-hydrogen) atoms. The number of halogens is 1. The largest absolute Gasteiger partial charge is 0.383 e. The zero-order valence-corrected chi connectivity index (χ0v) is 20.7. The van der Waals surface area contributed by atoms with Crippen LogP contribution in [0.3, 0.4) is 0 Å². The second kappa shape index (κ2) is 10.4. The molecule has 1 atom stereocenters. The van der Waals surface area contributed by atoms with E-state index in [1.807, 2.05) is 18.4 Å². The highest BCUT2D eigenvalue weighted by Crippen LogP contribution is 2.38. The van der Waals surface area contributed by atoms with Gasteiger partial charge in [-0.25, -0.2) is 12.8 Å². The summed E-state index contributed by atoms with van der Waals surface area (Å²) in [5, 5.41) is 1.99. The number of rotatable bonds is 8. The van der Waals surface area contributed by atoms with E-state index in [1.165, 1.54) is 28.4 Å². The molecule has 4 rings (SSSR count). The number of carbonyl (C=O) groups is 1. The lowest BCUT2D eigenvalue weighted by molar-refractivity contribution is -0.133. The molecule has 1 aromatic heterocycles. The predicted octanol–water partition coefficient (Wildman–Crippen LogP) is 4.01. The summed E-state index contributed by atoms with van der Waals surface area (Å²) >= 11 is 1.63. The first kappa shape index (κ1) is 24.5. The van der Waals surface area contributed by atoms with Gasteiger partial charge in [0.15, 0.2) is 0 Å². The van der Waals surface area contributed by atoms with Gasteiger partial charge >= 0.3 is 0 Å². The zero-order chi connectivity index (χ0) is 24.3. The highest BCUT2D eigenvalue weighted by atomic mass is 32.2. The van der Waals surface area contributed by atoms with Crippen LogP contribution in [0.4, 0.5) is 4.39 Å². The van der Waals surface area contributed by atoms with Gasteiger partial charge in [-0.15, -0.1) is 11.3 Å². The van der Waals surface area contributed by atoms with E-state index in [2.05, 4.69) is 0 Å². The molecule has 0 bridgehead atoms. The zero-order valence-electron chi connectivity index (χ0n) is 19.1. The molecule has 1 amide bonds. The topological polar surface area (TPSA) is 66.9 Å². The van der Waals surface area contributed by atoms with Gasteiger partial charge in [-0.3, -0.25) is 4.79 Å². The lowest BCUT2D eigenvalue weighted by atomic mass is 9.93. The molecule has 1 aliphatic heterocycles. The van der Waals surface area contributed by atoms with Crippen LogP contribution in [0.5, 0.6) is 0 Å². The van der Waals surface area contributed by atoms with Crippen molar-refractivity contribution in [2.24, 2.45) is 0 Å². The summed E-state index contributed by atoms with van der Waals surface area (Å²) in [6.07, 6.45) is 0.694. The molecule has 0 fully saturated rings.